The third kappa shape index (κ3) is 1.38. The zero-order valence-corrected chi connectivity index (χ0v) is 7.45. The average Bonchev–Trinajstić information content (AvgIpc) is 2.19. The molecule has 0 aliphatic heterocycles. The number of terminal acetylenes is 1. The highest BCUT2D eigenvalue weighted by Gasteiger charge is 2.00. The molecule has 0 bridgehead atoms. The van der Waals surface area contributed by atoms with Crippen molar-refractivity contribution in [3.63, 3.8) is 0 Å². The molecule has 0 spiro atoms. The third-order valence-corrected chi connectivity index (χ3v) is 1.98. The topological polar surface area (TPSA) is 45.8 Å². The van der Waals surface area contributed by atoms with Gasteiger partial charge in [-0.25, -0.2) is 4.98 Å². The van der Waals surface area contributed by atoms with Crippen LogP contribution in [0.3, 0.4) is 0 Å². The fraction of sp³-hybridized carbons (Fsp3) is 0.0909. The molecule has 2 rings (SSSR count). The van der Waals surface area contributed by atoms with Crippen molar-refractivity contribution in [2.75, 3.05) is 0 Å². The second kappa shape index (κ2) is 3.35. The minimum absolute atomic E-state index is 0.158. The van der Waals surface area contributed by atoms with Crippen molar-refractivity contribution in [1.29, 1.82) is 0 Å². The van der Waals surface area contributed by atoms with Crippen LogP contribution < -0.4 is 5.56 Å². The van der Waals surface area contributed by atoms with Gasteiger partial charge in [0.15, 0.2) is 0 Å². The van der Waals surface area contributed by atoms with Gasteiger partial charge in [-0.05, 0) is 18.2 Å². The third-order valence-electron chi connectivity index (χ3n) is 1.98. The number of fused-ring (bicyclic) bond motifs is 1. The van der Waals surface area contributed by atoms with Crippen LogP contribution >= 0.6 is 0 Å². The quantitative estimate of drug-likeness (QED) is 0.674. The lowest BCUT2D eigenvalue weighted by atomic mass is 10.1. The van der Waals surface area contributed by atoms with Gasteiger partial charge in [-0.1, -0.05) is 0 Å². The number of aromatic amines is 1. The summed E-state index contributed by atoms with van der Waals surface area (Å²) in [7, 11) is 0. The van der Waals surface area contributed by atoms with Gasteiger partial charge in [0.1, 0.15) is 5.65 Å². The Hall–Kier alpha value is -2.08. The summed E-state index contributed by atoms with van der Waals surface area (Å²) in [4.78, 5) is 18.1. The monoisotopic (exact) mass is 184 g/mol. The number of aromatic nitrogens is 2. The summed E-state index contributed by atoms with van der Waals surface area (Å²) in [6.45, 7) is 0. The van der Waals surface area contributed by atoms with Gasteiger partial charge in [0.05, 0.1) is 0 Å². The zero-order chi connectivity index (χ0) is 9.97. The van der Waals surface area contributed by atoms with E-state index in [0.29, 0.717) is 17.6 Å². The highest BCUT2D eigenvalue weighted by Crippen LogP contribution is 2.07. The Morgan fingerprint density at radius 2 is 2.43 bits per heavy atom. The lowest BCUT2D eigenvalue weighted by Gasteiger charge is -1.98. The van der Waals surface area contributed by atoms with E-state index in [1.807, 2.05) is 12.1 Å². The van der Waals surface area contributed by atoms with E-state index in [4.69, 9.17) is 6.42 Å². The molecule has 0 saturated heterocycles. The van der Waals surface area contributed by atoms with E-state index >= 15 is 0 Å². The Balaban J connectivity index is 2.72. The summed E-state index contributed by atoms with van der Waals surface area (Å²) in [5.41, 5.74) is 1.04. The predicted octanol–water partition coefficient (Wildman–Crippen LogP) is 1.10. The van der Waals surface area contributed by atoms with Crippen molar-refractivity contribution in [2.24, 2.45) is 0 Å². The molecule has 0 aromatic carbocycles. The molecule has 68 valence electrons. The average molecular weight is 184 g/mol. The number of hydrogen-bond donors (Lipinski definition) is 1. The van der Waals surface area contributed by atoms with Crippen LogP contribution in [0.5, 0.6) is 0 Å². The van der Waals surface area contributed by atoms with Crippen LogP contribution in [0.15, 0.2) is 29.2 Å². The summed E-state index contributed by atoms with van der Waals surface area (Å²) < 4.78 is 0. The molecule has 2 aromatic heterocycles. The first-order valence-electron chi connectivity index (χ1n) is 4.21. The van der Waals surface area contributed by atoms with Gasteiger partial charge >= 0.3 is 0 Å². The molecular weight excluding hydrogens is 176 g/mol. The molecule has 0 unspecified atom stereocenters. The molecule has 0 aliphatic rings. The van der Waals surface area contributed by atoms with E-state index in [1.165, 1.54) is 0 Å². The molecule has 3 heteroatoms. The fourth-order valence-corrected chi connectivity index (χ4v) is 1.32. The molecule has 3 nitrogen and oxygen atoms in total. The maximum absolute atomic E-state index is 11.4. The Morgan fingerprint density at radius 3 is 3.21 bits per heavy atom. The highest BCUT2D eigenvalue weighted by atomic mass is 16.1. The van der Waals surface area contributed by atoms with Crippen molar-refractivity contribution < 1.29 is 0 Å². The SMILES string of the molecule is C#CCc1cc2cccnc2[nH]c1=O. The summed E-state index contributed by atoms with van der Waals surface area (Å²) in [6.07, 6.45) is 7.14. The molecule has 0 radical (unpaired) electrons. The van der Waals surface area contributed by atoms with Crippen LogP contribution in [-0.2, 0) is 6.42 Å². The Kier molecular flexibility index (Phi) is 2.04. The van der Waals surface area contributed by atoms with Gasteiger partial charge < -0.3 is 4.98 Å². The molecule has 2 aromatic rings. The summed E-state index contributed by atoms with van der Waals surface area (Å²) in [5.74, 6) is 2.45. The first-order chi connectivity index (χ1) is 6.81. The van der Waals surface area contributed by atoms with Crippen molar-refractivity contribution in [3.05, 3.63) is 40.3 Å². The van der Waals surface area contributed by atoms with E-state index in [2.05, 4.69) is 15.9 Å². The van der Waals surface area contributed by atoms with Crippen LogP contribution in [0, 0.1) is 12.3 Å². The minimum atomic E-state index is -0.158. The molecule has 0 atom stereocenters. The smallest absolute Gasteiger partial charge is 0.253 e. The van der Waals surface area contributed by atoms with Crippen LogP contribution in [0.4, 0.5) is 0 Å². The van der Waals surface area contributed by atoms with Crippen molar-refractivity contribution in [1.82, 2.24) is 9.97 Å². The second-order valence-electron chi connectivity index (χ2n) is 2.95. The van der Waals surface area contributed by atoms with Crippen molar-refractivity contribution in [2.45, 2.75) is 6.42 Å². The highest BCUT2D eigenvalue weighted by molar-refractivity contribution is 5.74. The lowest BCUT2D eigenvalue weighted by Crippen LogP contribution is -2.12. The first kappa shape index (κ1) is 8.52. The van der Waals surface area contributed by atoms with E-state index in [9.17, 15) is 4.79 Å². The molecule has 1 N–H and O–H groups in total. The number of nitrogens with zero attached hydrogens (tertiary/aromatic N) is 1. The van der Waals surface area contributed by atoms with Gasteiger partial charge in [-0.2, -0.15) is 0 Å². The van der Waals surface area contributed by atoms with Gasteiger partial charge in [0, 0.05) is 23.6 Å². The maximum atomic E-state index is 11.4. The van der Waals surface area contributed by atoms with Crippen LogP contribution in [0.25, 0.3) is 11.0 Å². The maximum Gasteiger partial charge on any atom is 0.253 e. The fourth-order valence-electron chi connectivity index (χ4n) is 1.32. The number of pyridine rings is 2. The van der Waals surface area contributed by atoms with E-state index in [-0.39, 0.29) is 5.56 Å². The lowest BCUT2D eigenvalue weighted by molar-refractivity contribution is 1.15. The number of nitrogens with one attached hydrogen (secondary N) is 1. The van der Waals surface area contributed by atoms with Gasteiger partial charge in [0.25, 0.3) is 5.56 Å². The van der Waals surface area contributed by atoms with Crippen LogP contribution in [0.1, 0.15) is 5.56 Å². The minimum Gasteiger partial charge on any atom is -0.306 e. The summed E-state index contributed by atoms with van der Waals surface area (Å²) in [6, 6.07) is 5.49. The standard InChI is InChI=1S/C11H8N2O/c1-2-4-9-7-8-5-3-6-12-10(8)13-11(9)14/h1,3,5-7H,4H2,(H,12,13,14). The van der Waals surface area contributed by atoms with Crippen molar-refractivity contribution >= 4 is 11.0 Å². The van der Waals surface area contributed by atoms with Gasteiger partial charge in [-0.15, -0.1) is 12.3 Å². The normalized spacial score (nSPS) is 9.93. The Bertz CT molecular complexity index is 563. The number of H-pyrrole nitrogens is 1. The Labute approximate surface area is 80.8 Å². The number of hydrogen-bond acceptors (Lipinski definition) is 2. The van der Waals surface area contributed by atoms with E-state index in [0.717, 1.165) is 5.39 Å². The summed E-state index contributed by atoms with van der Waals surface area (Å²) in [5, 5.41) is 0.900. The molecule has 14 heavy (non-hydrogen) atoms. The first-order valence-corrected chi connectivity index (χ1v) is 4.21. The van der Waals surface area contributed by atoms with Gasteiger partial charge in [0.2, 0.25) is 0 Å². The molecule has 0 fully saturated rings. The van der Waals surface area contributed by atoms with Gasteiger partial charge in [-0.3, -0.25) is 4.79 Å². The van der Waals surface area contributed by atoms with Crippen molar-refractivity contribution in [3.8, 4) is 12.3 Å². The number of rotatable bonds is 1. The van der Waals surface area contributed by atoms with Crippen LogP contribution in [-0.4, -0.2) is 9.97 Å². The molecule has 2 heterocycles. The Morgan fingerprint density at radius 1 is 1.57 bits per heavy atom. The molecule has 0 aliphatic carbocycles. The largest absolute Gasteiger partial charge is 0.306 e. The predicted molar refractivity (Wildman–Crippen MR) is 54.9 cm³/mol. The van der Waals surface area contributed by atoms with E-state index in [1.54, 1.807) is 12.3 Å². The summed E-state index contributed by atoms with van der Waals surface area (Å²) >= 11 is 0. The second-order valence-corrected chi connectivity index (χ2v) is 2.95. The van der Waals surface area contributed by atoms with E-state index < -0.39 is 0 Å². The van der Waals surface area contributed by atoms with Crippen LogP contribution in [0.2, 0.25) is 0 Å². The molecule has 0 saturated carbocycles. The molecular formula is C11H8N2O. The molecule has 0 amide bonds. The zero-order valence-electron chi connectivity index (χ0n) is 7.45.